The smallest absolute Gasteiger partial charge is 0.357 e. The Morgan fingerprint density at radius 3 is 2.56 bits per heavy atom. The molecule has 1 fully saturated rings. The number of methoxy groups -OCH3 is 1. The Hall–Kier alpha value is -3.27. The zero-order valence-corrected chi connectivity index (χ0v) is 13.9. The summed E-state index contributed by atoms with van der Waals surface area (Å²) in [5.41, 5.74) is 7.12. The van der Waals surface area contributed by atoms with Gasteiger partial charge in [0.1, 0.15) is 6.07 Å². The van der Waals surface area contributed by atoms with Gasteiger partial charge in [-0.15, -0.1) is 0 Å². The van der Waals surface area contributed by atoms with Crippen LogP contribution in [0.3, 0.4) is 0 Å². The number of carbonyl (C=O) groups excluding carboxylic acids is 2. The van der Waals surface area contributed by atoms with Crippen LogP contribution in [0.1, 0.15) is 39.3 Å². The van der Waals surface area contributed by atoms with Crippen LogP contribution in [0, 0.1) is 11.3 Å². The normalized spacial score (nSPS) is 13.5. The average Bonchev–Trinajstić information content (AvgIpc) is 3.28. The van der Waals surface area contributed by atoms with Crippen LogP contribution in [0.5, 0.6) is 0 Å². The number of hydrogen-bond acceptors (Lipinski definition) is 5. The lowest BCUT2D eigenvalue weighted by Gasteiger charge is -2.18. The fraction of sp³-hybridized carbons (Fsp3) is 0.278. The molecule has 0 aliphatic carbocycles. The van der Waals surface area contributed by atoms with Gasteiger partial charge in [-0.3, -0.25) is 4.79 Å². The minimum Gasteiger partial charge on any atom is -0.464 e. The van der Waals surface area contributed by atoms with Crippen LogP contribution in [0.25, 0.3) is 5.69 Å². The quantitative estimate of drug-likeness (QED) is 0.862. The molecule has 0 atom stereocenters. The Kier molecular flexibility index (Phi) is 4.44. The maximum Gasteiger partial charge on any atom is 0.357 e. The third kappa shape index (κ3) is 2.83. The molecular weight excluding hydrogens is 320 g/mol. The van der Waals surface area contributed by atoms with Gasteiger partial charge in [0.25, 0.3) is 5.91 Å². The van der Waals surface area contributed by atoms with Crippen molar-refractivity contribution in [3.8, 4) is 11.8 Å². The largest absolute Gasteiger partial charge is 0.464 e. The van der Waals surface area contributed by atoms with Gasteiger partial charge in [-0.25, -0.2) is 4.79 Å². The number of para-hydroxylation sites is 1. The second-order valence-electron chi connectivity index (χ2n) is 5.79. The van der Waals surface area contributed by atoms with Crippen molar-refractivity contribution in [3.63, 3.8) is 0 Å². The minimum atomic E-state index is -0.664. The predicted molar refractivity (Wildman–Crippen MR) is 91.4 cm³/mol. The molecule has 2 heterocycles. The van der Waals surface area contributed by atoms with Crippen molar-refractivity contribution in [2.24, 2.45) is 0 Å². The van der Waals surface area contributed by atoms with E-state index < -0.39 is 5.97 Å². The lowest BCUT2D eigenvalue weighted by Crippen LogP contribution is -2.28. The number of amides is 1. The number of nitrogens with two attached hydrogens (primary N) is 1. The highest BCUT2D eigenvalue weighted by molar-refractivity contribution is 6.00. The van der Waals surface area contributed by atoms with Gasteiger partial charge in [0.2, 0.25) is 0 Å². The zero-order chi connectivity index (χ0) is 18.0. The molecule has 2 N–H and O–H groups in total. The molecule has 1 amide bonds. The van der Waals surface area contributed by atoms with E-state index in [1.165, 1.54) is 17.9 Å². The first-order valence-corrected chi connectivity index (χ1v) is 7.96. The highest BCUT2D eigenvalue weighted by atomic mass is 16.5. The Bertz CT molecular complexity index is 873. The molecule has 7 nitrogen and oxygen atoms in total. The third-order valence-electron chi connectivity index (χ3n) is 4.33. The summed E-state index contributed by atoms with van der Waals surface area (Å²) in [5, 5.41) is 9.24. The molecule has 0 saturated carbocycles. The summed E-state index contributed by atoms with van der Waals surface area (Å²) in [6, 6.07) is 8.92. The van der Waals surface area contributed by atoms with Gasteiger partial charge in [-0.05, 0) is 25.0 Å². The van der Waals surface area contributed by atoms with E-state index >= 15 is 0 Å². The summed E-state index contributed by atoms with van der Waals surface area (Å²) in [7, 11) is 1.24. The molecule has 1 aliphatic heterocycles. The summed E-state index contributed by atoms with van der Waals surface area (Å²) in [6.07, 6.45) is 3.42. The molecule has 0 bridgehead atoms. The molecule has 25 heavy (non-hydrogen) atoms. The Morgan fingerprint density at radius 1 is 1.24 bits per heavy atom. The molecule has 128 valence electrons. The number of nitrogens with zero attached hydrogens (tertiary/aromatic N) is 3. The molecule has 1 aliphatic rings. The van der Waals surface area contributed by atoms with Crippen LogP contribution >= 0.6 is 0 Å². The number of anilines is 1. The number of ether oxygens (including phenoxy) is 1. The third-order valence-corrected chi connectivity index (χ3v) is 4.33. The minimum absolute atomic E-state index is 0.0396. The Balaban J connectivity index is 2.16. The fourth-order valence-electron chi connectivity index (χ4n) is 3.06. The SMILES string of the molecule is COC(=O)c1c(N)c(C#N)cn1-c1ccccc1C(=O)N1CCCC1. The van der Waals surface area contributed by atoms with Crippen molar-refractivity contribution in [2.45, 2.75) is 12.8 Å². The topological polar surface area (TPSA) is 101 Å². The summed E-state index contributed by atoms with van der Waals surface area (Å²) >= 11 is 0. The second kappa shape index (κ2) is 6.69. The highest BCUT2D eigenvalue weighted by Gasteiger charge is 2.26. The molecule has 0 spiro atoms. The highest BCUT2D eigenvalue weighted by Crippen LogP contribution is 2.27. The Morgan fingerprint density at radius 2 is 1.92 bits per heavy atom. The zero-order valence-electron chi connectivity index (χ0n) is 13.9. The molecule has 3 rings (SSSR count). The summed E-state index contributed by atoms with van der Waals surface area (Å²) < 4.78 is 6.25. The van der Waals surface area contributed by atoms with Gasteiger partial charge < -0.3 is 19.9 Å². The maximum atomic E-state index is 12.9. The van der Waals surface area contributed by atoms with Gasteiger partial charge in [-0.1, -0.05) is 12.1 Å². The number of hydrogen-bond donors (Lipinski definition) is 1. The summed E-state index contributed by atoms with van der Waals surface area (Å²) in [4.78, 5) is 26.8. The first kappa shape index (κ1) is 16.6. The fourth-order valence-corrected chi connectivity index (χ4v) is 3.06. The van der Waals surface area contributed by atoms with Gasteiger partial charge in [0.05, 0.1) is 29.6 Å². The van der Waals surface area contributed by atoms with E-state index in [1.807, 2.05) is 6.07 Å². The maximum absolute atomic E-state index is 12.9. The van der Waals surface area contributed by atoms with Crippen molar-refractivity contribution in [1.29, 1.82) is 5.26 Å². The predicted octanol–water partition coefficient (Wildman–Crippen LogP) is 1.95. The molecule has 7 heteroatoms. The molecular formula is C18H18N4O3. The standard InChI is InChI=1S/C18H18N4O3/c1-25-18(24)16-15(20)12(10-19)11-22(16)14-7-3-2-6-13(14)17(23)21-8-4-5-9-21/h2-3,6-7,11H,4-5,8-9,20H2,1H3. The van der Waals surface area contributed by atoms with Gasteiger partial charge in [-0.2, -0.15) is 5.26 Å². The lowest BCUT2D eigenvalue weighted by atomic mass is 10.1. The van der Waals surface area contributed by atoms with Gasteiger partial charge >= 0.3 is 5.97 Å². The van der Waals surface area contributed by atoms with E-state index in [-0.39, 0.29) is 22.9 Å². The number of nitriles is 1. The van der Waals surface area contributed by atoms with Crippen molar-refractivity contribution in [2.75, 3.05) is 25.9 Å². The number of carbonyl (C=O) groups is 2. The molecule has 1 aromatic carbocycles. The Labute approximate surface area is 145 Å². The van der Waals surface area contributed by atoms with Crippen LogP contribution in [0.4, 0.5) is 5.69 Å². The number of esters is 1. The monoisotopic (exact) mass is 338 g/mol. The van der Waals surface area contributed by atoms with Crippen LogP contribution < -0.4 is 5.73 Å². The van der Waals surface area contributed by atoms with Gasteiger partial charge in [0, 0.05) is 19.3 Å². The van der Waals surface area contributed by atoms with Crippen molar-refractivity contribution < 1.29 is 14.3 Å². The summed E-state index contributed by atoms with van der Waals surface area (Å²) in [6.45, 7) is 1.43. The average molecular weight is 338 g/mol. The molecule has 0 unspecified atom stereocenters. The molecule has 2 aromatic rings. The number of rotatable bonds is 3. The first-order chi connectivity index (χ1) is 12.1. The molecule has 1 saturated heterocycles. The number of benzene rings is 1. The first-order valence-electron chi connectivity index (χ1n) is 7.96. The van der Waals surface area contributed by atoms with E-state index in [1.54, 1.807) is 29.2 Å². The van der Waals surface area contributed by atoms with E-state index in [9.17, 15) is 14.9 Å². The lowest BCUT2D eigenvalue weighted by molar-refractivity contribution is 0.0592. The van der Waals surface area contributed by atoms with Crippen molar-refractivity contribution in [1.82, 2.24) is 9.47 Å². The van der Waals surface area contributed by atoms with Crippen LogP contribution in [-0.4, -0.2) is 41.5 Å². The number of likely N-dealkylation sites (tertiary alicyclic amines) is 1. The van der Waals surface area contributed by atoms with E-state index in [0.29, 0.717) is 24.3 Å². The van der Waals surface area contributed by atoms with Crippen LogP contribution in [0.15, 0.2) is 30.5 Å². The van der Waals surface area contributed by atoms with E-state index in [2.05, 4.69) is 0 Å². The van der Waals surface area contributed by atoms with Gasteiger partial charge in [0.15, 0.2) is 5.69 Å². The second-order valence-corrected chi connectivity index (χ2v) is 5.79. The van der Waals surface area contributed by atoms with Crippen molar-refractivity contribution in [3.05, 3.63) is 47.3 Å². The number of aromatic nitrogens is 1. The van der Waals surface area contributed by atoms with E-state index in [0.717, 1.165) is 12.8 Å². The molecule has 1 aromatic heterocycles. The van der Waals surface area contributed by atoms with Crippen LogP contribution in [-0.2, 0) is 4.74 Å². The molecule has 0 radical (unpaired) electrons. The van der Waals surface area contributed by atoms with Crippen molar-refractivity contribution >= 4 is 17.6 Å². The van der Waals surface area contributed by atoms with Crippen LogP contribution in [0.2, 0.25) is 0 Å². The number of nitrogen functional groups attached to an aromatic ring is 1. The summed E-state index contributed by atoms with van der Waals surface area (Å²) in [5.74, 6) is -0.767. The van der Waals surface area contributed by atoms with E-state index in [4.69, 9.17) is 10.5 Å².